The van der Waals surface area contributed by atoms with E-state index in [9.17, 15) is 4.79 Å². The maximum atomic E-state index is 12.7. The van der Waals surface area contributed by atoms with E-state index in [4.69, 9.17) is 9.47 Å². The molecule has 2 saturated heterocycles. The smallest absolute Gasteiger partial charge is 0.336 e. The van der Waals surface area contributed by atoms with Gasteiger partial charge in [0.05, 0.1) is 18.2 Å². The molecule has 142 valence electrons. The summed E-state index contributed by atoms with van der Waals surface area (Å²) < 4.78 is 12.0. The second kappa shape index (κ2) is 6.59. The van der Waals surface area contributed by atoms with Crippen LogP contribution in [-0.4, -0.2) is 35.9 Å². The molecule has 5 atom stereocenters. The SMILES string of the molecule is CC1=CCCC2(C)OC2CC2C(CC(C)=CCC1)OC(=O)C21CCN=N1. The van der Waals surface area contributed by atoms with E-state index < -0.39 is 5.54 Å². The molecule has 4 rings (SSSR count). The van der Waals surface area contributed by atoms with Gasteiger partial charge in [-0.05, 0) is 52.9 Å². The minimum absolute atomic E-state index is 0.0663. The molecule has 26 heavy (non-hydrogen) atoms. The Bertz CT molecular complexity index is 683. The van der Waals surface area contributed by atoms with Crippen molar-refractivity contribution < 1.29 is 14.3 Å². The van der Waals surface area contributed by atoms with Gasteiger partial charge in [-0.25, -0.2) is 4.79 Å². The molecule has 0 aromatic carbocycles. The Morgan fingerprint density at radius 3 is 2.73 bits per heavy atom. The topological polar surface area (TPSA) is 63.5 Å². The molecule has 0 N–H and O–H groups in total. The zero-order valence-electron chi connectivity index (χ0n) is 16.2. The van der Waals surface area contributed by atoms with Gasteiger partial charge in [0.15, 0.2) is 5.54 Å². The van der Waals surface area contributed by atoms with Gasteiger partial charge in [0.25, 0.3) is 0 Å². The van der Waals surface area contributed by atoms with Gasteiger partial charge in [0, 0.05) is 18.8 Å². The fraction of sp³-hybridized carbons (Fsp3) is 0.762. The first-order valence-corrected chi connectivity index (χ1v) is 10.0. The van der Waals surface area contributed by atoms with E-state index >= 15 is 0 Å². The van der Waals surface area contributed by atoms with E-state index in [1.165, 1.54) is 11.1 Å². The number of hydrogen-bond acceptors (Lipinski definition) is 5. The maximum Gasteiger partial charge on any atom is 0.336 e. The summed E-state index contributed by atoms with van der Waals surface area (Å²) in [5.74, 6) is -0.109. The highest BCUT2D eigenvalue weighted by atomic mass is 16.6. The van der Waals surface area contributed by atoms with Crippen LogP contribution in [-0.2, 0) is 14.3 Å². The molecular weight excluding hydrogens is 328 g/mol. The Kier molecular flexibility index (Phi) is 4.54. The molecule has 0 radical (unpaired) electrons. The molecule has 1 aliphatic carbocycles. The summed E-state index contributed by atoms with van der Waals surface area (Å²) in [7, 11) is 0. The van der Waals surface area contributed by atoms with Crippen LogP contribution < -0.4 is 0 Å². The lowest BCUT2D eigenvalue weighted by Gasteiger charge is -2.25. The molecule has 5 heteroatoms. The largest absolute Gasteiger partial charge is 0.460 e. The minimum atomic E-state index is -0.759. The van der Waals surface area contributed by atoms with Crippen LogP contribution in [0.3, 0.4) is 0 Å². The second-order valence-electron chi connectivity index (χ2n) is 8.73. The first-order chi connectivity index (χ1) is 12.4. The number of nitrogens with zero attached hydrogens (tertiary/aromatic N) is 2. The number of rotatable bonds is 0. The fourth-order valence-electron chi connectivity index (χ4n) is 4.85. The van der Waals surface area contributed by atoms with Gasteiger partial charge in [-0.1, -0.05) is 23.3 Å². The van der Waals surface area contributed by atoms with Gasteiger partial charge in [-0.2, -0.15) is 10.2 Å². The Hall–Kier alpha value is -1.49. The van der Waals surface area contributed by atoms with E-state index in [0.29, 0.717) is 13.0 Å². The van der Waals surface area contributed by atoms with Crippen LogP contribution >= 0.6 is 0 Å². The van der Waals surface area contributed by atoms with Crippen molar-refractivity contribution in [3.8, 4) is 0 Å². The minimum Gasteiger partial charge on any atom is -0.460 e. The highest BCUT2D eigenvalue weighted by Crippen LogP contribution is 2.51. The Morgan fingerprint density at radius 1 is 1.15 bits per heavy atom. The van der Waals surface area contributed by atoms with Crippen LogP contribution in [0.2, 0.25) is 0 Å². The molecule has 0 aromatic heterocycles. The molecule has 3 aliphatic heterocycles. The molecular formula is C21H30N2O3. The molecule has 1 spiro atoms. The Morgan fingerprint density at radius 2 is 1.96 bits per heavy atom. The summed E-state index contributed by atoms with van der Waals surface area (Å²) in [4.78, 5) is 12.7. The summed E-state index contributed by atoms with van der Waals surface area (Å²) in [6.45, 7) is 7.19. The number of fused-ring (bicyclic) bond motifs is 3. The van der Waals surface area contributed by atoms with Gasteiger partial charge in [0.2, 0.25) is 0 Å². The van der Waals surface area contributed by atoms with Crippen LogP contribution in [0.15, 0.2) is 33.5 Å². The van der Waals surface area contributed by atoms with E-state index in [0.717, 1.165) is 38.5 Å². The predicted octanol–water partition coefficient (Wildman–Crippen LogP) is 4.53. The monoisotopic (exact) mass is 358 g/mol. The highest BCUT2D eigenvalue weighted by Gasteiger charge is 2.63. The van der Waals surface area contributed by atoms with Crippen LogP contribution in [0.1, 0.15) is 65.7 Å². The number of carbonyl (C=O) groups is 1. The lowest BCUT2D eigenvalue weighted by Crippen LogP contribution is -2.40. The molecule has 5 nitrogen and oxygen atoms in total. The van der Waals surface area contributed by atoms with Crippen LogP contribution in [0.4, 0.5) is 0 Å². The van der Waals surface area contributed by atoms with E-state index in [-0.39, 0.29) is 29.7 Å². The van der Waals surface area contributed by atoms with Crippen molar-refractivity contribution in [1.82, 2.24) is 0 Å². The zero-order valence-corrected chi connectivity index (χ0v) is 16.2. The lowest BCUT2D eigenvalue weighted by molar-refractivity contribution is -0.145. The molecule has 0 bridgehead atoms. The summed E-state index contributed by atoms with van der Waals surface area (Å²) in [5.41, 5.74) is 1.91. The average molecular weight is 358 g/mol. The average Bonchev–Trinajstić information content (AvgIpc) is 2.94. The molecule has 3 heterocycles. The van der Waals surface area contributed by atoms with E-state index in [2.05, 4.69) is 43.2 Å². The van der Waals surface area contributed by atoms with Crippen molar-refractivity contribution in [3.05, 3.63) is 23.3 Å². The van der Waals surface area contributed by atoms with Crippen molar-refractivity contribution in [3.63, 3.8) is 0 Å². The predicted molar refractivity (Wildman–Crippen MR) is 98.9 cm³/mol. The number of hydrogen-bond donors (Lipinski definition) is 0. The van der Waals surface area contributed by atoms with Gasteiger partial charge in [-0.3, -0.25) is 0 Å². The number of allylic oxidation sites excluding steroid dienone is 3. The van der Waals surface area contributed by atoms with E-state index in [1.807, 2.05) is 0 Å². The van der Waals surface area contributed by atoms with Crippen LogP contribution in [0, 0.1) is 5.92 Å². The Labute approximate surface area is 155 Å². The summed E-state index contributed by atoms with van der Waals surface area (Å²) in [6, 6.07) is 0. The zero-order chi connectivity index (χ0) is 18.4. The number of azo groups is 1. The summed E-state index contributed by atoms with van der Waals surface area (Å²) >= 11 is 0. The van der Waals surface area contributed by atoms with Crippen LogP contribution in [0.25, 0.3) is 0 Å². The van der Waals surface area contributed by atoms with Crippen molar-refractivity contribution >= 4 is 5.97 Å². The number of esters is 1. The number of ether oxygens (including phenoxy) is 2. The first-order valence-electron chi connectivity index (χ1n) is 10.0. The van der Waals surface area contributed by atoms with Gasteiger partial charge in [-0.15, -0.1) is 0 Å². The fourth-order valence-corrected chi connectivity index (χ4v) is 4.85. The summed E-state index contributed by atoms with van der Waals surface area (Å²) in [5, 5.41) is 8.57. The van der Waals surface area contributed by atoms with Crippen molar-refractivity contribution in [1.29, 1.82) is 0 Å². The van der Waals surface area contributed by atoms with Crippen molar-refractivity contribution in [2.24, 2.45) is 16.1 Å². The normalized spacial score (nSPS) is 43.2. The van der Waals surface area contributed by atoms with Crippen LogP contribution in [0.5, 0.6) is 0 Å². The molecule has 2 fully saturated rings. The molecule has 0 aromatic rings. The highest BCUT2D eigenvalue weighted by molar-refractivity contribution is 5.84. The third-order valence-electron chi connectivity index (χ3n) is 6.71. The van der Waals surface area contributed by atoms with Crippen molar-refractivity contribution in [2.45, 2.75) is 89.1 Å². The molecule has 0 saturated carbocycles. The second-order valence-corrected chi connectivity index (χ2v) is 8.73. The Balaban J connectivity index is 1.60. The number of epoxide rings is 1. The maximum absolute atomic E-state index is 12.7. The number of carbonyl (C=O) groups excluding carboxylic acids is 1. The third-order valence-corrected chi connectivity index (χ3v) is 6.71. The third kappa shape index (κ3) is 3.15. The summed E-state index contributed by atoms with van der Waals surface area (Å²) in [6.07, 6.45) is 11.3. The quantitative estimate of drug-likeness (QED) is 0.363. The van der Waals surface area contributed by atoms with Gasteiger partial charge < -0.3 is 9.47 Å². The van der Waals surface area contributed by atoms with Crippen molar-refractivity contribution in [2.75, 3.05) is 6.54 Å². The van der Waals surface area contributed by atoms with Gasteiger partial charge >= 0.3 is 5.97 Å². The molecule has 0 amide bonds. The van der Waals surface area contributed by atoms with E-state index in [1.54, 1.807) is 0 Å². The lowest BCUT2D eigenvalue weighted by atomic mass is 9.76. The van der Waals surface area contributed by atoms with Gasteiger partial charge in [0.1, 0.15) is 6.10 Å². The first kappa shape index (κ1) is 17.9. The molecule has 5 unspecified atom stereocenters. The standard InChI is InChI=1S/C21H30N2O3/c1-14-6-4-7-15(2)12-17-16(13-18-20(3,26-18)9-5-8-14)21(19(24)25-17)10-11-22-23-21/h7-8,16-18H,4-6,9-13H2,1-3H3. The molecule has 4 aliphatic rings.